The Kier molecular flexibility index (Phi) is 5.60. The Morgan fingerprint density at radius 2 is 1.58 bits per heavy atom. The Morgan fingerprint density at radius 1 is 0.806 bits per heavy atom. The number of aryl methyl sites for hydroxylation is 1. The van der Waals surface area contributed by atoms with Crippen LogP contribution >= 0.6 is 0 Å². The lowest BCUT2D eigenvalue weighted by atomic mass is 10.00. The SMILES string of the molecule is CCn1c2ccccc2c2cc(-n3nnc(C(O)c4cccc(CO)c4)c3-c3ccccc3)ccc21. The molecule has 178 valence electrons. The van der Waals surface area contributed by atoms with Gasteiger partial charge in [-0.25, -0.2) is 4.68 Å². The number of aliphatic hydroxyl groups excluding tert-OH is 2. The van der Waals surface area contributed by atoms with E-state index in [-0.39, 0.29) is 6.61 Å². The van der Waals surface area contributed by atoms with Gasteiger partial charge in [0.15, 0.2) is 0 Å². The fraction of sp³-hybridized carbons (Fsp3) is 0.133. The van der Waals surface area contributed by atoms with Gasteiger partial charge in [-0.1, -0.05) is 78.0 Å². The molecule has 0 amide bonds. The zero-order valence-electron chi connectivity index (χ0n) is 19.9. The van der Waals surface area contributed by atoms with Crippen LogP contribution in [-0.2, 0) is 13.2 Å². The van der Waals surface area contributed by atoms with Crippen molar-refractivity contribution in [2.24, 2.45) is 0 Å². The molecule has 0 saturated heterocycles. The minimum atomic E-state index is -0.994. The second kappa shape index (κ2) is 9.07. The predicted molar refractivity (Wildman–Crippen MR) is 142 cm³/mol. The van der Waals surface area contributed by atoms with Crippen LogP contribution < -0.4 is 0 Å². The van der Waals surface area contributed by atoms with Crippen molar-refractivity contribution in [1.29, 1.82) is 0 Å². The maximum atomic E-state index is 11.4. The van der Waals surface area contributed by atoms with Gasteiger partial charge >= 0.3 is 0 Å². The van der Waals surface area contributed by atoms with Gasteiger partial charge in [0.25, 0.3) is 0 Å². The molecule has 0 fully saturated rings. The third kappa shape index (κ3) is 3.59. The normalized spacial score (nSPS) is 12.4. The molecule has 6 heteroatoms. The van der Waals surface area contributed by atoms with E-state index >= 15 is 0 Å². The summed E-state index contributed by atoms with van der Waals surface area (Å²) in [6.07, 6.45) is -0.994. The lowest BCUT2D eigenvalue weighted by Gasteiger charge is -2.14. The molecule has 0 aliphatic rings. The van der Waals surface area contributed by atoms with Crippen LogP contribution in [0.4, 0.5) is 0 Å². The van der Waals surface area contributed by atoms with Crippen LogP contribution in [0.2, 0.25) is 0 Å². The van der Waals surface area contributed by atoms with Crippen LogP contribution in [0, 0.1) is 0 Å². The van der Waals surface area contributed by atoms with E-state index in [2.05, 4.69) is 64.3 Å². The van der Waals surface area contributed by atoms with Crippen molar-refractivity contribution in [2.45, 2.75) is 26.2 Å². The van der Waals surface area contributed by atoms with E-state index in [4.69, 9.17) is 0 Å². The number of hydrogen-bond acceptors (Lipinski definition) is 4. The molecular weight excluding hydrogens is 448 g/mol. The molecule has 36 heavy (non-hydrogen) atoms. The first-order valence-electron chi connectivity index (χ1n) is 12.1. The summed E-state index contributed by atoms with van der Waals surface area (Å²) in [7, 11) is 0. The summed E-state index contributed by atoms with van der Waals surface area (Å²) in [4.78, 5) is 0. The summed E-state index contributed by atoms with van der Waals surface area (Å²) in [5.41, 5.74) is 6.74. The summed E-state index contributed by atoms with van der Waals surface area (Å²) in [5.74, 6) is 0. The van der Waals surface area contributed by atoms with E-state index in [1.807, 2.05) is 48.5 Å². The zero-order valence-corrected chi connectivity index (χ0v) is 19.9. The first-order chi connectivity index (χ1) is 17.7. The smallest absolute Gasteiger partial charge is 0.125 e. The monoisotopic (exact) mass is 474 g/mol. The van der Waals surface area contributed by atoms with Crippen molar-refractivity contribution in [2.75, 3.05) is 0 Å². The van der Waals surface area contributed by atoms with Gasteiger partial charge < -0.3 is 14.8 Å². The van der Waals surface area contributed by atoms with E-state index in [1.54, 1.807) is 10.7 Å². The Morgan fingerprint density at radius 3 is 2.39 bits per heavy atom. The van der Waals surface area contributed by atoms with E-state index in [0.717, 1.165) is 34.4 Å². The molecule has 2 N–H and O–H groups in total. The maximum Gasteiger partial charge on any atom is 0.125 e. The van der Waals surface area contributed by atoms with Crippen molar-refractivity contribution in [1.82, 2.24) is 19.6 Å². The summed E-state index contributed by atoms with van der Waals surface area (Å²) in [6.45, 7) is 2.94. The summed E-state index contributed by atoms with van der Waals surface area (Å²) in [5, 5.41) is 32.2. The van der Waals surface area contributed by atoms with Gasteiger partial charge in [0, 0.05) is 33.9 Å². The minimum absolute atomic E-state index is 0.0931. The predicted octanol–water partition coefficient (Wildman–Crippen LogP) is 5.64. The highest BCUT2D eigenvalue weighted by atomic mass is 16.3. The van der Waals surface area contributed by atoms with Gasteiger partial charge in [-0.15, -0.1) is 5.10 Å². The minimum Gasteiger partial charge on any atom is -0.392 e. The number of benzene rings is 4. The molecule has 2 aromatic heterocycles. The molecule has 0 radical (unpaired) electrons. The Balaban J connectivity index is 1.56. The summed E-state index contributed by atoms with van der Waals surface area (Å²) < 4.78 is 4.12. The third-order valence-corrected chi connectivity index (χ3v) is 6.77. The first-order valence-corrected chi connectivity index (χ1v) is 12.1. The fourth-order valence-electron chi connectivity index (χ4n) is 5.06. The third-order valence-electron chi connectivity index (χ3n) is 6.77. The number of aliphatic hydroxyl groups is 2. The van der Waals surface area contributed by atoms with E-state index in [1.165, 1.54) is 16.4 Å². The van der Waals surface area contributed by atoms with Crippen LogP contribution in [0.15, 0.2) is 97.1 Å². The quantitative estimate of drug-likeness (QED) is 0.328. The van der Waals surface area contributed by atoms with Crippen molar-refractivity contribution in [3.05, 3.63) is 114 Å². The van der Waals surface area contributed by atoms with Crippen LogP contribution in [-0.4, -0.2) is 29.8 Å². The van der Waals surface area contributed by atoms with Gasteiger partial charge in [0.1, 0.15) is 17.5 Å². The molecule has 0 aliphatic carbocycles. The van der Waals surface area contributed by atoms with Gasteiger partial charge in [-0.2, -0.15) is 0 Å². The standard InChI is InChI=1S/C30H26N4O2/c1-2-33-26-14-7-6-13-24(26)25-18-23(15-16-27(25)33)34-29(21-10-4-3-5-11-21)28(31-32-34)30(36)22-12-8-9-20(17-22)19-35/h3-18,30,35-36H,2,19H2,1H3. The molecule has 1 atom stereocenters. The van der Waals surface area contributed by atoms with Crippen molar-refractivity contribution < 1.29 is 10.2 Å². The highest BCUT2D eigenvalue weighted by molar-refractivity contribution is 6.08. The molecule has 1 unspecified atom stereocenters. The molecule has 6 aromatic rings. The van der Waals surface area contributed by atoms with Crippen LogP contribution in [0.5, 0.6) is 0 Å². The average molecular weight is 475 g/mol. The van der Waals surface area contributed by atoms with Gasteiger partial charge in [0.05, 0.1) is 12.3 Å². The average Bonchev–Trinajstić information content (AvgIpc) is 3.52. The number of para-hydroxylation sites is 1. The molecule has 0 spiro atoms. The fourth-order valence-corrected chi connectivity index (χ4v) is 5.06. The molecule has 6 nitrogen and oxygen atoms in total. The number of aromatic nitrogens is 4. The number of nitrogens with zero attached hydrogens (tertiary/aromatic N) is 4. The molecule has 2 heterocycles. The largest absolute Gasteiger partial charge is 0.392 e. The second-order valence-corrected chi connectivity index (χ2v) is 8.87. The van der Waals surface area contributed by atoms with Gasteiger partial charge in [-0.05, 0) is 42.3 Å². The first kappa shape index (κ1) is 22.2. The number of fused-ring (bicyclic) bond motifs is 3. The van der Waals surface area contributed by atoms with Crippen LogP contribution in [0.25, 0.3) is 38.8 Å². The molecule has 0 aliphatic heterocycles. The highest BCUT2D eigenvalue weighted by Gasteiger charge is 2.24. The van der Waals surface area contributed by atoms with Gasteiger partial charge in [-0.3, -0.25) is 0 Å². The van der Waals surface area contributed by atoms with Crippen LogP contribution in [0.3, 0.4) is 0 Å². The molecular formula is C30H26N4O2. The van der Waals surface area contributed by atoms with Crippen molar-refractivity contribution in [3.63, 3.8) is 0 Å². The molecule has 0 saturated carbocycles. The topological polar surface area (TPSA) is 76.1 Å². The van der Waals surface area contributed by atoms with E-state index < -0.39 is 6.10 Å². The van der Waals surface area contributed by atoms with E-state index in [9.17, 15) is 10.2 Å². The van der Waals surface area contributed by atoms with Crippen molar-refractivity contribution in [3.8, 4) is 16.9 Å². The van der Waals surface area contributed by atoms with Crippen molar-refractivity contribution >= 4 is 21.8 Å². The summed E-state index contributed by atoms with van der Waals surface area (Å²) in [6, 6.07) is 31.9. The lowest BCUT2D eigenvalue weighted by Crippen LogP contribution is -2.05. The number of hydrogen-bond donors (Lipinski definition) is 2. The lowest BCUT2D eigenvalue weighted by molar-refractivity contribution is 0.215. The molecule has 6 rings (SSSR count). The number of rotatable bonds is 6. The Bertz CT molecular complexity index is 1680. The molecule has 0 bridgehead atoms. The molecule has 4 aromatic carbocycles. The summed E-state index contributed by atoms with van der Waals surface area (Å²) >= 11 is 0. The Hall–Kier alpha value is -4.26. The highest BCUT2D eigenvalue weighted by Crippen LogP contribution is 2.35. The van der Waals surface area contributed by atoms with Crippen LogP contribution in [0.1, 0.15) is 29.8 Å². The van der Waals surface area contributed by atoms with E-state index in [0.29, 0.717) is 11.3 Å². The maximum absolute atomic E-state index is 11.4. The second-order valence-electron chi connectivity index (χ2n) is 8.87. The zero-order chi connectivity index (χ0) is 24.6. The Labute approximate surface area is 208 Å². The van der Waals surface area contributed by atoms with Gasteiger partial charge in [0.2, 0.25) is 0 Å².